The molecule has 2 aliphatic rings. The highest BCUT2D eigenvalue weighted by Crippen LogP contribution is 2.37. The zero-order chi connectivity index (χ0) is 62.5. The number of benzene rings is 7. The summed E-state index contributed by atoms with van der Waals surface area (Å²) in [6.45, 7) is 5.75. The van der Waals surface area contributed by atoms with E-state index < -0.39 is 0 Å². The number of unbranched alkanes of at least 4 members (excludes halogenated alkanes) is 26. The molecule has 7 aromatic rings. The van der Waals surface area contributed by atoms with Crippen molar-refractivity contribution in [3.63, 3.8) is 0 Å². The van der Waals surface area contributed by atoms with E-state index in [-0.39, 0.29) is 23.1 Å². The Bertz CT molecular complexity index is 3650. The SMILES string of the molecule is CCCCCCCCCCCCCCCCOc1cc(C#Cc2ccc(C#Cc3cc4c5c(c(O)ccc5c3)C(=O)C=C4)cc2)c(C#Cc2ccc(C#Cc3cc4c5c(c(O)ccc5c3)C(=O)C=C4)cc2)cc1OCCCCCCCCCCCCCCCC. The van der Waals surface area contributed by atoms with Gasteiger partial charge < -0.3 is 19.7 Å². The molecule has 7 aromatic carbocycles. The number of rotatable bonds is 32. The first kappa shape index (κ1) is 65.8. The molecule has 9 rings (SSSR count). The highest BCUT2D eigenvalue weighted by molar-refractivity contribution is 6.22. The maximum Gasteiger partial charge on any atom is 0.190 e. The number of ketones is 2. The lowest BCUT2D eigenvalue weighted by atomic mass is 9.90. The van der Waals surface area contributed by atoms with Gasteiger partial charge in [-0.25, -0.2) is 0 Å². The lowest BCUT2D eigenvalue weighted by Crippen LogP contribution is -2.04. The summed E-state index contributed by atoms with van der Waals surface area (Å²) in [5.74, 6) is 28.0. The number of carbonyl (C=O) groups excluding carboxylic acids is 2. The summed E-state index contributed by atoms with van der Waals surface area (Å²) in [4.78, 5) is 25.2. The van der Waals surface area contributed by atoms with Gasteiger partial charge in [-0.1, -0.05) is 252 Å². The van der Waals surface area contributed by atoms with Crippen LogP contribution < -0.4 is 9.47 Å². The Morgan fingerprint density at radius 2 is 0.600 bits per heavy atom. The summed E-state index contributed by atoms with van der Waals surface area (Å²) >= 11 is 0. The van der Waals surface area contributed by atoms with Crippen LogP contribution in [0.2, 0.25) is 0 Å². The second-order valence-electron chi connectivity index (χ2n) is 24.5. The van der Waals surface area contributed by atoms with E-state index in [2.05, 4.69) is 61.2 Å². The van der Waals surface area contributed by atoms with Crippen molar-refractivity contribution < 1.29 is 29.3 Å². The van der Waals surface area contributed by atoms with E-state index in [9.17, 15) is 19.8 Å². The normalized spacial score (nSPS) is 11.8. The third-order valence-corrected chi connectivity index (χ3v) is 17.3. The first-order valence-electron chi connectivity index (χ1n) is 34.0. The Labute approximate surface area is 537 Å². The quantitative estimate of drug-likeness (QED) is 0.0322. The minimum Gasteiger partial charge on any atom is -0.507 e. The molecule has 0 unspecified atom stereocenters. The molecule has 0 fully saturated rings. The standard InChI is InChI=1S/C84H90O6/c1-3-5-7-9-11-13-15-17-19-21-23-25-27-29-55-89-79-61-69(45-43-65-35-31-63(32-36-65)39-41-67-57-71-47-51-75(85)83-76(86)52-48-72(58-67)81(71)83)70(62-80(79)90-56-30-28-26-24-22-20-18-16-14-12-10-8-6-4-2)46-44-66-37-33-64(34-38-66)40-42-68-59-73-49-53-77(87)84-78(88)54-50-74(60-68)82(73)84/h31-38,47-54,57-62,85,87H,3-30,55-56H2,1-2H3. The van der Waals surface area contributed by atoms with Gasteiger partial charge in [0.15, 0.2) is 23.1 Å². The van der Waals surface area contributed by atoms with Gasteiger partial charge in [-0.2, -0.15) is 0 Å². The largest absolute Gasteiger partial charge is 0.507 e. The maximum atomic E-state index is 12.6. The van der Waals surface area contributed by atoms with E-state index in [0.717, 1.165) is 103 Å². The molecule has 6 nitrogen and oxygen atoms in total. The molecule has 0 bridgehead atoms. The molecule has 0 amide bonds. The van der Waals surface area contributed by atoms with Gasteiger partial charge in [0.05, 0.1) is 24.3 Å². The van der Waals surface area contributed by atoms with Crippen LogP contribution in [0, 0.1) is 47.4 Å². The maximum absolute atomic E-state index is 12.6. The summed E-state index contributed by atoms with van der Waals surface area (Å²) in [7, 11) is 0. The molecule has 0 radical (unpaired) electrons. The van der Waals surface area contributed by atoms with Gasteiger partial charge in [0.25, 0.3) is 0 Å². The number of carbonyl (C=O) groups is 2. The molecule has 462 valence electrons. The fraction of sp³-hybridized carbons (Fsp3) is 0.381. The molecule has 0 atom stereocenters. The van der Waals surface area contributed by atoms with Crippen LogP contribution >= 0.6 is 0 Å². The molecular formula is C84H90O6. The second kappa shape index (κ2) is 35.5. The number of hydrogen-bond acceptors (Lipinski definition) is 6. The van der Waals surface area contributed by atoms with Crippen molar-refractivity contribution in [2.75, 3.05) is 13.2 Å². The van der Waals surface area contributed by atoms with E-state index in [0.29, 0.717) is 35.8 Å². The van der Waals surface area contributed by atoms with Gasteiger partial charge in [0.2, 0.25) is 0 Å². The molecule has 0 aromatic heterocycles. The third-order valence-electron chi connectivity index (χ3n) is 17.3. The predicted molar refractivity (Wildman–Crippen MR) is 373 cm³/mol. The fourth-order valence-electron chi connectivity index (χ4n) is 12.2. The van der Waals surface area contributed by atoms with Crippen molar-refractivity contribution in [3.05, 3.63) is 188 Å². The molecule has 90 heavy (non-hydrogen) atoms. The molecule has 2 aliphatic carbocycles. The zero-order valence-corrected chi connectivity index (χ0v) is 53.4. The number of phenols is 2. The number of hydrogen-bond donors (Lipinski definition) is 2. The average Bonchev–Trinajstić information content (AvgIpc) is 1.29. The van der Waals surface area contributed by atoms with Gasteiger partial charge in [-0.15, -0.1) is 0 Å². The topological polar surface area (TPSA) is 93.1 Å². The Morgan fingerprint density at radius 1 is 0.311 bits per heavy atom. The summed E-state index contributed by atoms with van der Waals surface area (Å²) in [6.07, 6.45) is 42.9. The smallest absolute Gasteiger partial charge is 0.190 e. The van der Waals surface area contributed by atoms with E-state index in [1.54, 1.807) is 24.3 Å². The van der Waals surface area contributed by atoms with Gasteiger partial charge >= 0.3 is 0 Å². The highest BCUT2D eigenvalue weighted by Gasteiger charge is 2.21. The zero-order valence-electron chi connectivity index (χ0n) is 53.4. The van der Waals surface area contributed by atoms with Crippen LogP contribution in [0.1, 0.15) is 270 Å². The lowest BCUT2D eigenvalue weighted by molar-refractivity contribution is 0.103. The Morgan fingerprint density at radius 3 is 0.922 bits per heavy atom. The Kier molecular flexibility index (Phi) is 25.9. The Balaban J connectivity index is 0.905. The van der Waals surface area contributed by atoms with E-state index in [4.69, 9.17) is 9.47 Å². The fourth-order valence-corrected chi connectivity index (χ4v) is 12.2. The van der Waals surface area contributed by atoms with E-state index in [1.807, 2.05) is 97.1 Å². The van der Waals surface area contributed by atoms with Crippen molar-refractivity contribution in [2.45, 2.75) is 194 Å². The number of allylic oxidation sites excluding steroid dienone is 2. The molecule has 0 saturated heterocycles. The number of aromatic hydroxyl groups is 2. The van der Waals surface area contributed by atoms with Gasteiger partial charge in [0.1, 0.15) is 11.5 Å². The van der Waals surface area contributed by atoms with Gasteiger partial charge in [-0.3, -0.25) is 9.59 Å². The molecular weight excluding hydrogens is 1100 g/mol. The van der Waals surface area contributed by atoms with Crippen molar-refractivity contribution in [2.24, 2.45) is 0 Å². The number of phenolic OH excluding ortho intramolecular Hbond substituents is 2. The average molecular weight is 1200 g/mol. The Hall–Kier alpha value is -8.68. The van der Waals surface area contributed by atoms with Crippen LogP contribution in [-0.4, -0.2) is 35.0 Å². The molecule has 6 heteroatoms. The highest BCUT2D eigenvalue weighted by atomic mass is 16.5. The monoisotopic (exact) mass is 1190 g/mol. The minimum absolute atomic E-state index is 0.0129. The summed E-state index contributed by atoms with van der Waals surface area (Å²) in [5.41, 5.74) is 8.83. The molecule has 0 heterocycles. The van der Waals surface area contributed by atoms with Gasteiger partial charge in [0, 0.05) is 67.4 Å². The summed E-state index contributed by atoms with van der Waals surface area (Å²) < 4.78 is 13.3. The number of ether oxygens (including phenoxy) is 2. The van der Waals surface area contributed by atoms with Crippen LogP contribution in [0.15, 0.2) is 121 Å². The van der Waals surface area contributed by atoms with E-state index in [1.165, 1.54) is 166 Å². The van der Waals surface area contributed by atoms with Crippen molar-refractivity contribution >= 4 is 45.3 Å². The molecule has 0 aliphatic heterocycles. The van der Waals surface area contributed by atoms with Crippen molar-refractivity contribution in [1.29, 1.82) is 0 Å². The predicted octanol–water partition coefficient (Wildman–Crippen LogP) is 21.1. The summed E-state index contributed by atoms with van der Waals surface area (Å²) in [6, 6.07) is 34.5. The van der Waals surface area contributed by atoms with Gasteiger partial charge in [-0.05, 0) is 132 Å². The van der Waals surface area contributed by atoms with Crippen LogP contribution in [0.5, 0.6) is 23.0 Å². The third kappa shape index (κ3) is 19.7. The molecule has 0 spiro atoms. The molecule has 0 saturated carbocycles. The minimum atomic E-state index is -0.200. The van der Waals surface area contributed by atoms with E-state index >= 15 is 0 Å². The van der Waals surface area contributed by atoms with Crippen LogP contribution in [-0.2, 0) is 0 Å². The van der Waals surface area contributed by atoms with Crippen LogP contribution in [0.3, 0.4) is 0 Å². The first-order chi connectivity index (χ1) is 44.2. The first-order valence-corrected chi connectivity index (χ1v) is 34.0. The van der Waals surface area contributed by atoms with Crippen LogP contribution in [0.4, 0.5) is 0 Å². The van der Waals surface area contributed by atoms with Crippen molar-refractivity contribution in [1.82, 2.24) is 0 Å². The molecule has 2 N–H and O–H groups in total. The van der Waals surface area contributed by atoms with Crippen LogP contribution in [0.25, 0.3) is 33.7 Å². The second-order valence-corrected chi connectivity index (χ2v) is 24.5. The lowest BCUT2D eigenvalue weighted by Gasteiger charge is -2.15. The van der Waals surface area contributed by atoms with Crippen molar-refractivity contribution in [3.8, 4) is 70.4 Å². The summed E-state index contributed by atoms with van der Waals surface area (Å²) in [5, 5.41) is 24.1.